The van der Waals surface area contributed by atoms with Crippen LogP contribution in [0.1, 0.15) is 92.2 Å². The predicted octanol–water partition coefficient (Wildman–Crippen LogP) is 2.15. The molecule has 1 aromatic carbocycles. The van der Waals surface area contributed by atoms with Crippen LogP contribution in [0.5, 0.6) is 0 Å². The number of nitrogens with one attached hydrogen (secondary N) is 4. The number of rotatable bonds is 20. The number of amides is 4. The summed E-state index contributed by atoms with van der Waals surface area (Å²) in [6.45, 7) is 13.3. The molecule has 1 aromatic rings. The van der Waals surface area contributed by atoms with Crippen molar-refractivity contribution in [3.05, 3.63) is 48.0 Å². The second kappa shape index (κ2) is 20.3. The Morgan fingerprint density at radius 3 is 1.98 bits per heavy atom. The summed E-state index contributed by atoms with van der Waals surface area (Å²) in [6.07, 6.45) is 4.98. The Kier molecular flexibility index (Phi) is 17.8. The Labute approximate surface area is 268 Å². The van der Waals surface area contributed by atoms with Gasteiger partial charge in [-0.1, -0.05) is 97.4 Å². The average Bonchev–Trinajstić information content (AvgIpc) is 2.97. The minimum absolute atomic E-state index is 0.0433. The fourth-order valence-electron chi connectivity index (χ4n) is 4.77. The Morgan fingerprint density at radius 2 is 1.44 bits per heavy atom. The number of aliphatic hydroxyl groups excluding tert-OH is 1. The molecule has 11 heteroatoms. The molecule has 1 rings (SSSR count). The molecule has 0 saturated heterocycles. The van der Waals surface area contributed by atoms with E-state index in [9.17, 15) is 34.2 Å². The molecule has 0 bridgehead atoms. The summed E-state index contributed by atoms with van der Waals surface area (Å²) < 4.78 is 0. The lowest BCUT2D eigenvalue weighted by molar-refractivity contribution is -0.308. The number of carbonyl (C=O) groups excluding carboxylic acids is 5. The normalized spacial score (nSPS) is 14.9. The molecule has 0 aliphatic heterocycles. The highest BCUT2D eigenvalue weighted by Gasteiger charge is 2.32. The number of aliphatic carboxylic acids is 1. The first kappa shape index (κ1) is 39.3. The average molecular weight is 630 g/mol. The van der Waals surface area contributed by atoms with Gasteiger partial charge in [0.25, 0.3) is 5.91 Å². The highest BCUT2D eigenvalue weighted by molar-refractivity contribution is 5.91. The van der Waals surface area contributed by atoms with Crippen LogP contribution >= 0.6 is 0 Å². The molecule has 0 unspecified atom stereocenters. The van der Waals surface area contributed by atoms with Crippen LogP contribution < -0.4 is 26.4 Å². The van der Waals surface area contributed by atoms with E-state index in [1.165, 1.54) is 12.1 Å². The molecule has 5 atom stereocenters. The molecule has 11 nitrogen and oxygen atoms in total. The second-order valence-corrected chi connectivity index (χ2v) is 12.7. The van der Waals surface area contributed by atoms with E-state index in [1.807, 2.05) is 40.7 Å². The maximum atomic E-state index is 13.4. The lowest BCUT2D eigenvalue weighted by Gasteiger charge is -2.28. The first-order valence-corrected chi connectivity index (χ1v) is 15.9. The van der Waals surface area contributed by atoms with Crippen LogP contribution in [0.2, 0.25) is 0 Å². The fourth-order valence-corrected chi connectivity index (χ4v) is 4.77. The summed E-state index contributed by atoms with van der Waals surface area (Å²) in [4.78, 5) is 63.5. The number of carboxylic acids is 1. The van der Waals surface area contributed by atoms with Gasteiger partial charge in [-0.2, -0.15) is 0 Å². The number of benzene rings is 1. The Morgan fingerprint density at radius 1 is 0.822 bits per heavy atom. The van der Waals surface area contributed by atoms with E-state index >= 15 is 0 Å². The van der Waals surface area contributed by atoms with Crippen LogP contribution in [-0.4, -0.2) is 59.4 Å². The number of aliphatic hydroxyl groups is 1. The first-order valence-electron chi connectivity index (χ1n) is 15.9. The molecule has 0 spiro atoms. The van der Waals surface area contributed by atoms with Gasteiger partial charge in [0.1, 0.15) is 6.04 Å². The fraction of sp³-hybridized carbons (Fsp3) is 0.618. The van der Waals surface area contributed by atoms with E-state index in [-0.39, 0.29) is 30.1 Å². The molecule has 0 radical (unpaired) electrons. The van der Waals surface area contributed by atoms with Crippen molar-refractivity contribution in [2.24, 2.45) is 23.7 Å². The van der Waals surface area contributed by atoms with E-state index in [4.69, 9.17) is 0 Å². The van der Waals surface area contributed by atoms with Gasteiger partial charge in [0, 0.05) is 5.92 Å². The Hall–Kier alpha value is -3.73. The van der Waals surface area contributed by atoms with Gasteiger partial charge in [0.2, 0.25) is 17.7 Å². The van der Waals surface area contributed by atoms with E-state index in [0.717, 1.165) is 6.42 Å². The molecule has 0 aromatic heterocycles. The molecule has 252 valence electrons. The molecule has 0 aliphatic rings. The van der Waals surface area contributed by atoms with Crippen LogP contribution in [0.4, 0.5) is 0 Å². The van der Waals surface area contributed by atoms with Crippen LogP contribution in [0.25, 0.3) is 0 Å². The zero-order valence-corrected chi connectivity index (χ0v) is 27.8. The van der Waals surface area contributed by atoms with Crippen molar-refractivity contribution < 1.29 is 34.2 Å². The monoisotopic (exact) mass is 629 g/mol. The summed E-state index contributed by atoms with van der Waals surface area (Å²) in [5.74, 6) is -3.68. The maximum absolute atomic E-state index is 13.4. The van der Waals surface area contributed by atoms with E-state index in [1.54, 1.807) is 18.2 Å². The van der Waals surface area contributed by atoms with Gasteiger partial charge in [-0.25, -0.2) is 0 Å². The van der Waals surface area contributed by atoms with Crippen molar-refractivity contribution >= 4 is 29.6 Å². The van der Waals surface area contributed by atoms with Crippen molar-refractivity contribution in [3.8, 4) is 0 Å². The van der Waals surface area contributed by atoms with Crippen LogP contribution in [-0.2, 0) is 24.0 Å². The zero-order chi connectivity index (χ0) is 34.1. The van der Waals surface area contributed by atoms with Gasteiger partial charge in [0.15, 0.2) is 6.10 Å². The molecule has 5 N–H and O–H groups in total. The Bertz CT molecular complexity index is 1120. The van der Waals surface area contributed by atoms with Crippen molar-refractivity contribution in [2.75, 3.05) is 6.54 Å². The topological polar surface area (TPSA) is 177 Å². The first-order chi connectivity index (χ1) is 21.2. The summed E-state index contributed by atoms with van der Waals surface area (Å²) in [7, 11) is 0. The van der Waals surface area contributed by atoms with Crippen LogP contribution in [0.3, 0.4) is 0 Å². The summed E-state index contributed by atoms with van der Waals surface area (Å²) in [5.41, 5.74) is 0.299. The minimum Gasteiger partial charge on any atom is -0.548 e. The third-order valence-corrected chi connectivity index (χ3v) is 7.32. The molecule has 0 saturated carbocycles. The predicted molar refractivity (Wildman–Crippen MR) is 171 cm³/mol. The molecular formula is C34H53N4O7-. The molecule has 0 aliphatic carbocycles. The van der Waals surface area contributed by atoms with Crippen molar-refractivity contribution in [1.82, 2.24) is 21.3 Å². The maximum Gasteiger partial charge on any atom is 0.251 e. The highest BCUT2D eigenvalue weighted by atomic mass is 16.4. The van der Waals surface area contributed by atoms with Gasteiger partial charge in [-0.05, 0) is 49.0 Å². The lowest BCUT2D eigenvalue weighted by Crippen LogP contribution is -2.57. The molecule has 0 fully saturated rings. The number of carbonyl (C=O) groups is 5. The standard InChI is InChI=1S/C34H54N4O7/c1-8-14-26(30(40)33(43)35-20-28(39)38-29(34(44)45)24-16-10-9-11-17-24)36-32(42)27(19-22(4)5)37-31(41)25(23(6)7)18-13-12-15-21(2)3/h9-13,16-17,21-23,25-27,29-30,40H,8,14-15,18-20H2,1-7H3,(H,35,43)(H,36,42)(H,37,41)(H,38,39)(H,44,45)/p-1/b13-12+/t25-,26-,27-,29-,30+/m0/s1. The molecular weight excluding hydrogens is 576 g/mol. The number of carboxylic acid groups (broad SMARTS) is 1. The van der Waals surface area contributed by atoms with Gasteiger partial charge in [-0.3, -0.25) is 19.2 Å². The van der Waals surface area contributed by atoms with Gasteiger partial charge >= 0.3 is 0 Å². The minimum atomic E-state index is -1.70. The van der Waals surface area contributed by atoms with E-state index in [0.29, 0.717) is 30.7 Å². The number of hydrogen-bond donors (Lipinski definition) is 5. The second-order valence-electron chi connectivity index (χ2n) is 12.7. The van der Waals surface area contributed by atoms with E-state index in [2.05, 4.69) is 41.2 Å². The van der Waals surface area contributed by atoms with Crippen LogP contribution in [0.15, 0.2) is 42.5 Å². The van der Waals surface area contributed by atoms with Crippen molar-refractivity contribution in [1.29, 1.82) is 0 Å². The van der Waals surface area contributed by atoms with Crippen molar-refractivity contribution in [2.45, 2.75) is 105 Å². The van der Waals surface area contributed by atoms with Gasteiger partial charge in [-0.15, -0.1) is 0 Å². The quantitative estimate of drug-likeness (QED) is 0.137. The molecule has 4 amide bonds. The van der Waals surface area contributed by atoms with E-state index < -0.39 is 54.5 Å². The summed E-state index contributed by atoms with van der Waals surface area (Å²) in [6, 6.07) is 4.67. The van der Waals surface area contributed by atoms with Gasteiger partial charge in [0.05, 0.1) is 24.6 Å². The molecule has 0 heterocycles. The third kappa shape index (κ3) is 14.7. The Balaban J connectivity index is 2.90. The molecule has 45 heavy (non-hydrogen) atoms. The highest BCUT2D eigenvalue weighted by Crippen LogP contribution is 2.18. The summed E-state index contributed by atoms with van der Waals surface area (Å²) in [5, 5.41) is 32.6. The number of hydrogen-bond acceptors (Lipinski definition) is 7. The number of allylic oxidation sites excluding steroid dienone is 2. The largest absolute Gasteiger partial charge is 0.548 e. The van der Waals surface area contributed by atoms with Crippen molar-refractivity contribution in [3.63, 3.8) is 0 Å². The smallest absolute Gasteiger partial charge is 0.251 e. The summed E-state index contributed by atoms with van der Waals surface area (Å²) >= 11 is 0. The zero-order valence-electron chi connectivity index (χ0n) is 27.8. The SMILES string of the molecule is CCC[C@H](NC(=O)[C@H](CC(C)C)NC(=O)[C@@H](C/C=C/CC(C)C)C(C)C)[C@@H](O)C(=O)NCC(=O)N[C@H](C(=O)[O-])c1ccccc1. The lowest BCUT2D eigenvalue weighted by atomic mass is 9.90. The van der Waals surface area contributed by atoms with Crippen LogP contribution in [0, 0.1) is 23.7 Å². The third-order valence-electron chi connectivity index (χ3n) is 7.32. The van der Waals surface area contributed by atoms with Gasteiger partial charge < -0.3 is 36.3 Å².